The van der Waals surface area contributed by atoms with Crippen LogP contribution in [-0.4, -0.2) is 62.5 Å². The number of carbonyl (C=O) groups is 1. The molecule has 0 aromatic carbocycles. The van der Waals surface area contributed by atoms with Crippen LogP contribution in [0.4, 0.5) is 27.8 Å². The Morgan fingerprint density at radius 3 is 2.77 bits per heavy atom. The van der Waals surface area contributed by atoms with Crippen molar-refractivity contribution in [3.8, 4) is 5.88 Å². The molecule has 1 atom stereocenters. The number of hydrogen-bond acceptors (Lipinski definition) is 10. The van der Waals surface area contributed by atoms with Crippen LogP contribution in [0.25, 0.3) is 0 Å². The number of aliphatic hydroxyl groups is 1. The molecule has 11 heteroatoms. The fourth-order valence-corrected chi connectivity index (χ4v) is 5.51. The van der Waals surface area contributed by atoms with Gasteiger partial charge in [0.2, 0.25) is 11.8 Å². The van der Waals surface area contributed by atoms with Crippen LogP contribution in [0.3, 0.4) is 0 Å². The molecule has 0 bridgehead atoms. The van der Waals surface area contributed by atoms with Gasteiger partial charge in [-0.1, -0.05) is 0 Å². The van der Waals surface area contributed by atoms with Gasteiger partial charge in [-0.25, -0.2) is 19.7 Å². The van der Waals surface area contributed by atoms with Gasteiger partial charge in [0.05, 0.1) is 48.7 Å². The lowest BCUT2D eigenvalue weighted by Gasteiger charge is -2.35. The van der Waals surface area contributed by atoms with Gasteiger partial charge in [-0.3, -0.25) is 9.88 Å². The maximum atomic E-state index is 13.0. The molecule has 6 rings (SSSR count). The predicted octanol–water partition coefficient (Wildman–Crippen LogP) is 3.86. The average molecular weight is 546 g/mol. The summed E-state index contributed by atoms with van der Waals surface area (Å²) in [6.45, 7) is 9.68. The molecule has 210 valence electrons. The van der Waals surface area contributed by atoms with E-state index in [0.717, 1.165) is 65.3 Å². The molecule has 3 aliphatic rings. The summed E-state index contributed by atoms with van der Waals surface area (Å²) in [5.41, 5.74) is 6.83. The first-order valence-electron chi connectivity index (χ1n) is 13.8. The third kappa shape index (κ3) is 5.25. The summed E-state index contributed by atoms with van der Waals surface area (Å²) in [6, 6.07) is 2.03. The van der Waals surface area contributed by atoms with Crippen LogP contribution in [0.1, 0.15) is 55.3 Å². The molecule has 2 aliphatic heterocycles. The molecule has 0 fully saturated rings. The van der Waals surface area contributed by atoms with Crippen molar-refractivity contribution in [2.24, 2.45) is 0 Å². The van der Waals surface area contributed by atoms with Gasteiger partial charge >= 0.3 is 6.09 Å². The minimum atomic E-state index is -0.604. The van der Waals surface area contributed by atoms with E-state index >= 15 is 0 Å². The van der Waals surface area contributed by atoms with E-state index in [0.29, 0.717) is 43.6 Å². The van der Waals surface area contributed by atoms with Crippen LogP contribution >= 0.6 is 0 Å². The van der Waals surface area contributed by atoms with Crippen molar-refractivity contribution in [1.29, 1.82) is 0 Å². The van der Waals surface area contributed by atoms with Crippen molar-refractivity contribution >= 4 is 29.1 Å². The Balaban J connectivity index is 1.23. The standard InChI is InChI=1S/C29H35N7O4/c1-17-24(15-31-26-25(17)36(9-10-39-26)28(38)40-29(2,3)4)35-8-7-18-13-32-27(34-23(18)16-35)33-20-11-19-12-21(37)5-6-22(19)30-14-20/h11,13-15,21,37H,5-10,12,16H2,1-4H3,(H,32,33,34). The Morgan fingerprint density at radius 2 is 1.95 bits per heavy atom. The molecular formula is C29H35N7O4. The maximum absolute atomic E-state index is 13.0. The third-order valence-corrected chi connectivity index (χ3v) is 7.46. The zero-order valence-electron chi connectivity index (χ0n) is 23.4. The van der Waals surface area contributed by atoms with Crippen LogP contribution in [0.15, 0.2) is 24.7 Å². The lowest BCUT2D eigenvalue weighted by atomic mass is 9.93. The topological polar surface area (TPSA) is 126 Å². The molecule has 1 amide bonds. The largest absolute Gasteiger partial charge is 0.474 e. The molecule has 1 unspecified atom stereocenters. The van der Waals surface area contributed by atoms with Crippen molar-refractivity contribution in [3.63, 3.8) is 0 Å². The SMILES string of the molecule is Cc1c(N2CCc3cnc(Nc4cnc5c(c4)CC(O)CC5)nc3C2)cnc2c1N(C(=O)OC(C)(C)C)CCO2. The highest BCUT2D eigenvalue weighted by Gasteiger charge is 2.33. The van der Waals surface area contributed by atoms with Gasteiger partial charge in [0.25, 0.3) is 0 Å². The van der Waals surface area contributed by atoms with Crippen LogP contribution < -0.4 is 19.9 Å². The summed E-state index contributed by atoms with van der Waals surface area (Å²) in [5, 5.41) is 13.3. The number of pyridine rings is 2. The van der Waals surface area contributed by atoms with E-state index in [1.54, 1.807) is 11.1 Å². The summed E-state index contributed by atoms with van der Waals surface area (Å²) in [5.74, 6) is 0.944. The second-order valence-corrected chi connectivity index (χ2v) is 11.6. The van der Waals surface area contributed by atoms with E-state index in [4.69, 9.17) is 14.5 Å². The molecule has 11 nitrogen and oxygen atoms in total. The monoisotopic (exact) mass is 545 g/mol. The Kier molecular flexibility index (Phi) is 6.69. The lowest BCUT2D eigenvalue weighted by molar-refractivity contribution is 0.0566. The number of hydrogen-bond donors (Lipinski definition) is 2. The predicted molar refractivity (Wildman–Crippen MR) is 150 cm³/mol. The molecule has 0 spiro atoms. The first-order chi connectivity index (χ1) is 19.1. The van der Waals surface area contributed by atoms with E-state index in [1.807, 2.05) is 46.2 Å². The van der Waals surface area contributed by atoms with Crippen molar-refractivity contribution in [1.82, 2.24) is 19.9 Å². The molecule has 3 aromatic rings. The minimum Gasteiger partial charge on any atom is -0.474 e. The summed E-state index contributed by atoms with van der Waals surface area (Å²) >= 11 is 0. The van der Waals surface area contributed by atoms with Crippen molar-refractivity contribution in [2.75, 3.05) is 34.8 Å². The third-order valence-electron chi connectivity index (χ3n) is 7.46. The molecule has 0 saturated heterocycles. The van der Waals surface area contributed by atoms with Crippen LogP contribution in [0.5, 0.6) is 5.88 Å². The summed E-state index contributed by atoms with van der Waals surface area (Å²) in [6.07, 6.45) is 7.71. The summed E-state index contributed by atoms with van der Waals surface area (Å²) in [7, 11) is 0. The normalized spacial score (nSPS) is 18.3. The minimum absolute atomic E-state index is 0.320. The molecule has 5 heterocycles. The zero-order chi connectivity index (χ0) is 28.0. The highest BCUT2D eigenvalue weighted by atomic mass is 16.6. The Morgan fingerprint density at radius 1 is 1.10 bits per heavy atom. The fraction of sp³-hybridized carbons (Fsp3) is 0.483. The number of amides is 1. The van der Waals surface area contributed by atoms with Gasteiger partial charge in [-0.05, 0) is 64.2 Å². The van der Waals surface area contributed by atoms with Crippen LogP contribution in [0.2, 0.25) is 0 Å². The van der Waals surface area contributed by atoms with Gasteiger partial charge < -0.3 is 24.8 Å². The number of anilines is 4. The number of rotatable bonds is 3. The molecule has 3 aromatic heterocycles. The molecule has 0 radical (unpaired) electrons. The van der Waals surface area contributed by atoms with E-state index < -0.39 is 11.7 Å². The molecule has 1 aliphatic carbocycles. The summed E-state index contributed by atoms with van der Waals surface area (Å²) in [4.78, 5) is 35.4. The van der Waals surface area contributed by atoms with Gasteiger partial charge in [0.1, 0.15) is 17.9 Å². The number of aliphatic hydroxyl groups excluding tert-OH is 1. The van der Waals surface area contributed by atoms with E-state index in [1.165, 1.54) is 0 Å². The van der Waals surface area contributed by atoms with Gasteiger partial charge in [0.15, 0.2) is 0 Å². The van der Waals surface area contributed by atoms with Crippen LogP contribution in [-0.2, 0) is 30.5 Å². The first kappa shape index (κ1) is 26.2. The Bertz CT molecular complexity index is 1460. The molecule has 2 N–H and O–H groups in total. The van der Waals surface area contributed by atoms with E-state index in [9.17, 15) is 9.90 Å². The highest BCUT2D eigenvalue weighted by Crippen LogP contribution is 2.39. The maximum Gasteiger partial charge on any atom is 0.415 e. The van der Waals surface area contributed by atoms with E-state index in [2.05, 4.69) is 25.2 Å². The molecule has 0 saturated carbocycles. The van der Waals surface area contributed by atoms with Crippen molar-refractivity contribution < 1.29 is 19.4 Å². The number of carbonyl (C=O) groups excluding carboxylic acids is 1. The average Bonchev–Trinajstić information content (AvgIpc) is 2.91. The first-order valence-corrected chi connectivity index (χ1v) is 13.8. The van der Waals surface area contributed by atoms with Gasteiger partial charge in [-0.2, -0.15) is 0 Å². The number of aromatic nitrogens is 4. The number of nitrogens with zero attached hydrogens (tertiary/aromatic N) is 6. The fourth-order valence-electron chi connectivity index (χ4n) is 5.51. The Hall–Kier alpha value is -3.99. The highest BCUT2D eigenvalue weighted by molar-refractivity contribution is 5.92. The second kappa shape index (κ2) is 10.2. The number of fused-ring (bicyclic) bond motifs is 3. The van der Waals surface area contributed by atoms with Crippen molar-refractivity contribution in [2.45, 2.75) is 71.6 Å². The second-order valence-electron chi connectivity index (χ2n) is 11.6. The number of ether oxygens (including phenoxy) is 2. The smallest absolute Gasteiger partial charge is 0.415 e. The number of aryl methyl sites for hydroxylation is 1. The lowest BCUT2D eigenvalue weighted by Crippen LogP contribution is -2.42. The summed E-state index contributed by atoms with van der Waals surface area (Å²) < 4.78 is 11.5. The quantitative estimate of drug-likeness (QED) is 0.501. The molecule has 40 heavy (non-hydrogen) atoms. The number of nitrogens with one attached hydrogen (secondary N) is 1. The van der Waals surface area contributed by atoms with Crippen LogP contribution in [0, 0.1) is 6.92 Å². The van der Waals surface area contributed by atoms with Gasteiger partial charge in [-0.15, -0.1) is 0 Å². The Labute approximate surface area is 233 Å². The zero-order valence-corrected chi connectivity index (χ0v) is 23.4. The molecular weight excluding hydrogens is 510 g/mol. The van der Waals surface area contributed by atoms with Gasteiger partial charge in [0, 0.05) is 30.4 Å². The van der Waals surface area contributed by atoms with Crippen molar-refractivity contribution in [3.05, 3.63) is 52.7 Å². The van der Waals surface area contributed by atoms with E-state index in [-0.39, 0.29) is 6.10 Å².